The lowest BCUT2D eigenvalue weighted by atomic mass is 10.1. The number of aromatic nitrogens is 1. The molecule has 0 spiro atoms. The van der Waals surface area contributed by atoms with Gasteiger partial charge in [-0.1, -0.05) is 66.7 Å². The van der Waals surface area contributed by atoms with E-state index in [0.29, 0.717) is 19.5 Å². The molecule has 1 amide bonds. The van der Waals surface area contributed by atoms with Gasteiger partial charge in [-0.3, -0.25) is 9.78 Å². The number of carbonyl (C=O) groups excluding carboxylic acids is 1. The highest BCUT2D eigenvalue weighted by atomic mass is 16.2. The van der Waals surface area contributed by atoms with Crippen LogP contribution in [-0.4, -0.2) is 15.8 Å². The summed E-state index contributed by atoms with van der Waals surface area (Å²) < 4.78 is 0. The van der Waals surface area contributed by atoms with E-state index in [-0.39, 0.29) is 5.91 Å². The normalized spacial score (nSPS) is 10.5. The van der Waals surface area contributed by atoms with Crippen LogP contribution < -0.4 is 0 Å². The first-order valence-electron chi connectivity index (χ1n) is 9.07. The fraction of sp³-hybridized carbons (Fsp3) is 0.217. The van der Waals surface area contributed by atoms with Gasteiger partial charge < -0.3 is 4.90 Å². The van der Waals surface area contributed by atoms with Gasteiger partial charge in [0.15, 0.2) is 0 Å². The summed E-state index contributed by atoms with van der Waals surface area (Å²) in [6.45, 7) is 1.27. The molecule has 1 heterocycles. The molecule has 3 heteroatoms. The average Bonchev–Trinajstić information content (AvgIpc) is 2.70. The largest absolute Gasteiger partial charge is 0.334 e. The number of nitrogens with zero attached hydrogens (tertiary/aromatic N) is 2. The fourth-order valence-electron chi connectivity index (χ4n) is 2.96. The van der Waals surface area contributed by atoms with Crippen LogP contribution in [0.5, 0.6) is 0 Å². The van der Waals surface area contributed by atoms with E-state index < -0.39 is 0 Å². The van der Waals surface area contributed by atoms with Crippen molar-refractivity contribution in [3.63, 3.8) is 0 Å². The molecule has 1 aromatic heterocycles. The lowest BCUT2D eigenvalue weighted by molar-refractivity contribution is -0.132. The standard InChI is InChI=1S/C23H24N2O/c26-23(16-9-15-22-14-7-8-17-24-22)25(18-20-10-3-1-4-11-20)19-21-12-5-2-6-13-21/h1-8,10-14,17H,9,15-16,18-19H2. The lowest BCUT2D eigenvalue weighted by Gasteiger charge is -2.23. The average molecular weight is 344 g/mol. The minimum atomic E-state index is 0.189. The number of benzene rings is 2. The Kier molecular flexibility index (Phi) is 6.54. The second kappa shape index (κ2) is 9.52. The maximum absolute atomic E-state index is 12.8. The molecule has 0 atom stereocenters. The quantitative estimate of drug-likeness (QED) is 0.597. The van der Waals surface area contributed by atoms with Gasteiger partial charge in [0, 0.05) is 31.4 Å². The van der Waals surface area contributed by atoms with Crippen molar-refractivity contribution in [3.05, 3.63) is 102 Å². The molecule has 0 saturated heterocycles. The van der Waals surface area contributed by atoms with Crippen LogP contribution in [0.25, 0.3) is 0 Å². The predicted octanol–water partition coefficient (Wildman–Crippen LogP) is 4.63. The van der Waals surface area contributed by atoms with E-state index in [2.05, 4.69) is 29.2 Å². The lowest BCUT2D eigenvalue weighted by Crippen LogP contribution is -2.30. The molecule has 0 saturated carbocycles. The minimum Gasteiger partial charge on any atom is -0.334 e. The molecule has 0 N–H and O–H groups in total. The number of hydrogen-bond donors (Lipinski definition) is 0. The van der Waals surface area contributed by atoms with Gasteiger partial charge in [0.1, 0.15) is 0 Å². The Bertz CT molecular complexity index is 747. The Labute approximate surface area is 155 Å². The number of pyridine rings is 1. The van der Waals surface area contributed by atoms with Gasteiger partial charge in [-0.15, -0.1) is 0 Å². The van der Waals surface area contributed by atoms with Crippen LogP contribution in [0, 0.1) is 0 Å². The first-order valence-corrected chi connectivity index (χ1v) is 9.07. The Morgan fingerprint density at radius 3 is 1.88 bits per heavy atom. The molecule has 3 aromatic rings. The highest BCUT2D eigenvalue weighted by Gasteiger charge is 2.14. The van der Waals surface area contributed by atoms with Gasteiger partial charge in [-0.25, -0.2) is 0 Å². The zero-order valence-electron chi connectivity index (χ0n) is 14.9. The zero-order valence-corrected chi connectivity index (χ0v) is 14.9. The molecule has 0 radical (unpaired) electrons. The van der Waals surface area contributed by atoms with Gasteiger partial charge in [0.25, 0.3) is 0 Å². The van der Waals surface area contributed by atoms with Gasteiger partial charge in [0.2, 0.25) is 5.91 Å². The fourth-order valence-corrected chi connectivity index (χ4v) is 2.96. The Hall–Kier alpha value is -2.94. The van der Waals surface area contributed by atoms with E-state index in [9.17, 15) is 4.79 Å². The van der Waals surface area contributed by atoms with Crippen molar-refractivity contribution >= 4 is 5.91 Å². The third kappa shape index (κ3) is 5.55. The molecule has 3 rings (SSSR count). The van der Waals surface area contributed by atoms with Crippen LogP contribution in [0.2, 0.25) is 0 Å². The van der Waals surface area contributed by atoms with Crippen molar-refractivity contribution < 1.29 is 4.79 Å². The first-order chi connectivity index (χ1) is 12.8. The molecule has 3 nitrogen and oxygen atoms in total. The second-order valence-electron chi connectivity index (χ2n) is 6.40. The minimum absolute atomic E-state index is 0.189. The number of amides is 1. The van der Waals surface area contributed by atoms with Crippen LogP contribution in [0.3, 0.4) is 0 Å². The van der Waals surface area contributed by atoms with E-state index in [1.54, 1.807) is 6.20 Å². The van der Waals surface area contributed by atoms with Crippen LogP contribution in [0.1, 0.15) is 29.7 Å². The highest BCUT2D eigenvalue weighted by Crippen LogP contribution is 2.13. The van der Waals surface area contributed by atoms with Crippen molar-refractivity contribution in [2.24, 2.45) is 0 Å². The maximum Gasteiger partial charge on any atom is 0.223 e. The summed E-state index contributed by atoms with van der Waals surface area (Å²) in [5.41, 5.74) is 3.35. The Morgan fingerprint density at radius 1 is 0.769 bits per heavy atom. The van der Waals surface area contributed by atoms with Crippen LogP contribution in [0.15, 0.2) is 85.1 Å². The smallest absolute Gasteiger partial charge is 0.223 e. The van der Waals surface area contributed by atoms with Crippen molar-refractivity contribution in [1.82, 2.24) is 9.88 Å². The second-order valence-corrected chi connectivity index (χ2v) is 6.40. The van der Waals surface area contributed by atoms with Gasteiger partial charge >= 0.3 is 0 Å². The van der Waals surface area contributed by atoms with Gasteiger partial charge in [-0.05, 0) is 36.1 Å². The van der Waals surface area contributed by atoms with Gasteiger partial charge in [-0.2, -0.15) is 0 Å². The highest BCUT2D eigenvalue weighted by molar-refractivity contribution is 5.76. The summed E-state index contributed by atoms with van der Waals surface area (Å²) in [5.74, 6) is 0.189. The molecule has 2 aromatic carbocycles. The molecular formula is C23H24N2O. The van der Waals surface area contributed by atoms with Crippen LogP contribution >= 0.6 is 0 Å². The molecule has 0 aliphatic heterocycles. The third-order valence-corrected chi connectivity index (χ3v) is 4.33. The third-order valence-electron chi connectivity index (χ3n) is 4.33. The summed E-state index contributed by atoms with van der Waals surface area (Å²) in [4.78, 5) is 19.1. The number of rotatable bonds is 8. The van der Waals surface area contributed by atoms with Gasteiger partial charge in [0.05, 0.1) is 0 Å². The Morgan fingerprint density at radius 2 is 1.35 bits per heavy atom. The summed E-state index contributed by atoms with van der Waals surface area (Å²) in [6.07, 6.45) is 3.98. The molecule has 0 fully saturated rings. The SMILES string of the molecule is O=C(CCCc1ccccn1)N(Cc1ccccc1)Cc1ccccc1. The Balaban J connectivity index is 1.62. The molecule has 0 unspecified atom stereocenters. The molecule has 132 valence electrons. The number of carbonyl (C=O) groups is 1. The monoisotopic (exact) mass is 344 g/mol. The predicted molar refractivity (Wildman–Crippen MR) is 104 cm³/mol. The number of aryl methyl sites for hydroxylation is 1. The van der Waals surface area contributed by atoms with Crippen molar-refractivity contribution in [2.75, 3.05) is 0 Å². The van der Waals surface area contributed by atoms with E-state index in [1.165, 1.54) is 0 Å². The van der Waals surface area contributed by atoms with E-state index in [1.807, 2.05) is 59.5 Å². The summed E-state index contributed by atoms with van der Waals surface area (Å²) >= 11 is 0. The maximum atomic E-state index is 12.8. The topological polar surface area (TPSA) is 33.2 Å². The van der Waals surface area contributed by atoms with E-state index in [4.69, 9.17) is 0 Å². The van der Waals surface area contributed by atoms with Crippen LogP contribution in [-0.2, 0) is 24.3 Å². The molecule has 0 aliphatic rings. The molecular weight excluding hydrogens is 320 g/mol. The van der Waals surface area contributed by atoms with E-state index in [0.717, 1.165) is 29.7 Å². The van der Waals surface area contributed by atoms with Crippen molar-refractivity contribution in [3.8, 4) is 0 Å². The zero-order chi connectivity index (χ0) is 18.0. The van der Waals surface area contributed by atoms with Crippen molar-refractivity contribution in [2.45, 2.75) is 32.4 Å². The summed E-state index contributed by atoms with van der Waals surface area (Å²) in [5, 5.41) is 0. The van der Waals surface area contributed by atoms with Crippen LogP contribution in [0.4, 0.5) is 0 Å². The van der Waals surface area contributed by atoms with Crippen molar-refractivity contribution in [1.29, 1.82) is 0 Å². The summed E-state index contributed by atoms with van der Waals surface area (Å²) in [6, 6.07) is 26.2. The molecule has 0 aliphatic carbocycles. The number of hydrogen-bond acceptors (Lipinski definition) is 2. The molecule has 26 heavy (non-hydrogen) atoms. The molecule has 0 bridgehead atoms. The summed E-state index contributed by atoms with van der Waals surface area (Å²) in [7, 11) is 0. The van der Waals surface area contributed by atoms with E-state index >= 15 is 0 Å². The first kappa shape index (κ1) is 17.9.